The molecule has 4 heteroatoms. The minimum Gasteiger partial charge on any atom is -0.437 e. The molecule has 2 rings (SSSR count). The molecule has 0 spiro atoms. The molecule has 20 heavy (non-hydrogen) atoms. The fraction of sp³-hybridized carbons (Fsp3) is 0.375. The maximum absolute atomic E-state index is 11.8. The number of hydrogen-bond acceptors (Lipinski definition) is 2. The highest BCUT2D eigenvalue weighted by molar-refractivity contribution is 5.95. The van der Waals surface area contributed by atoms with Crippen LogP contribution in [0.5, 0.6) is 0 Å². The summed E-state index contributed by atoms with van der Waals surface area (Å²) >= 11 is 0. The topological polar surface area (TPSA) is 32.5 Å². The van der Waals surface area contributed by atoms with Gasteiger partial charge >= 0.3 is 5.90 Å². The maximum Gasteiger partial charge on any atom is 0.364 e. The number of ether oxygens (including phenoxy) is 1. The van der Waals surface area contributed by atoms with Gasteiger partial charge in [-0.1, -0.05) is 18.2 Å². The van der Waals surface area contributed by atoms with Crippen LogP contribution in [-0.4, -0.2) is 35.6 Å². The molecule has 1 amide bonds. The lowest BCUT2D eigenvalue weighted by Gasteiger charge is -2.15. The van der Waals surface area contributed by atoms with E-state index in [4.69, 9.17) is 4.74 Å². The molecule has 0 aromatic heterocycles. The Morgan fingerprint density at radius 1 is 1.35 bits per heavy atom. The number of amides is 1. The Hall–Kier alpha value is -2.10. The Morgan fingerprint density at radius 3 is 2.50 bits per heavy atom. The van der Waals surface area contributed by atoms with Crippen LogP contribution in [0.2, 0.25) is 0 Å². The molecule has 0 fully saturated rings. The highest BCUT2D eigenvalue weighted by Gasteiger charge is 2.38. The van der Waals surface area contributed by atoms with Gasteiger partial charge in [0.2, 0.25) is 5.91 Å². The number of nitrogens with zero attached hydrogens (tertiary/aromatic N) is 2. The van der Waals surface area contributed by atoms with Gasteiger partial charge in [-0.3, -0.25) is 9.69 Å². The van der Waals surface area contributed by atoms with Crippen molar-refractivity contribution < 1.29 is 14.1 Å². The van der Waals surface area contributed by atoms with Gasteiger partial charge in [-0.2, -0.15) is 4.58 Å². The Kier molecular flexibility index (Phi) is 3.93. The largest absolute Gasteiger partial charge is 0.437 e. The van der Waals surface area contributed by atoms with Crippen molar-refractivity contribution in [3.05, 3.63) is 42.6 Å². The van der Waals surface area contributed by atoms with Gasteiger partial charge in [0.1, 0.15) is 7.05 Å². The van der Waals surface area contributed by atoms with Crippen molar-refractivity contribution >= 4 is 17.5 Å². The molecule has 0 atom stereocenters. The molecule has 4 nitrogen and oxygen atoms in total. The molecule has 1 aliphatic rings. The van der Waals surface area contributed by atoms with Crippen LogP contribution in [0.25, 0.3) is 0 Å². The van der Waals surface area contributed by atoms with Gasteiger partial charge in [0.05, 0.1) is 6.08 Å². The standard InChI is InChI=1S/C16H21N2O2/c1-13(19)18(14-8-6-5-7-9-14)11-10-15-17(4)16(2,3)12-20-15/h5-11H,12H2,1-4H3/q+1. The minimum absolute atomic E-state index is 0.0204. The Bertz CT molecular complexity index is 559. The normalized spacial score (nSPS) is 17.4. The van der Waals surface area contributed by atoms with E-state index in [2.05, 4.69) is 18.4 Å². The van der Waals surface area contributed by atoms with Crippen molar-refractivity contribution in [2.75, 3.05) is 18.6 Å². The number of anilines is 1. The highest BCUT2D eigenvalue weighted by atomic mass is 16.5. The second-order valence-electron chi connectivity index (χ2n) is 5.54. The lowest BCUT2D eigenvalue weighted by Crippen LogP contribution is -2.33. The lowest BCUT2D eigenvalue weighted by atomic mass is 10.1. The maximum atomic E-state index is 11.8. The van der Waals surface area contributed by atoms with E-state index in [-0.39, 0.29) is 11.4 Å². The zero-order valence-electron chi connectivity index (χ0n) is 12.5. The quantitative estimate of drug-likeness (QED) is 0.792. The summed E-state index contributed by atoms with van der Waals surface area (Å²) < 4.78 is 7.74. The summed E-state index contributed by atoms with van der Waals surface area (Å²) in [4.78, 5) is 13.4. The summed E-state index contributed by atoms with van der Waals surface area (Å²) in [6.45, 7) is 6.43. The molecule has 0 radical (unpaired) electrons. The van der Waals surface area contributed by atoms with E-state index in [1.165, 1.54) is 0 Å². The van der Waals surface area contributed by atoms with Gasteiger partial charge in [-0.05, 0) is 12.1 Å². The van der Waals surface area contributed by atoms with Crippen molar-refractivity contribution in [1.29, 1.82) is 0 Å². The van der Waals surface area contributed by atoms with Gasteiger partial charge in [-0.25, -0.2) is 0 Å². The summed E-state index contributed by atoms with van der Waals surface area (Å²) in [5, 5.41) is 0. The first-order valence-corrected chi connectivity index (χ1v) is 6.68. The smallest absolute Gasteiger partial charge is 0.364 e. The SMILES string of the molecule is CC(=O)N(C=CC1=[N+](C)C(C)(C)CO1)c1ccccc1. The third-order valence-corrected chi connectivity index (χ3v) is 3.55. The predicted molar refractivity (Wildman–Crippen MR) is 80.0 cm³/mol. The molecule has 106 valence electrons. The number of hydrogen-bond donors (Lipinski definition) is 0. The summed E-state index contributed by atoms with van der Waals surface area (Å²) in [6.07, 6.45) is 3.59. The first-order valence-electron chi connectivity index (χ1n) is 6.68. The van der Waals surface area contributed by atoms with E-state index in [0.29, 0.717) is 6.61 Å². The Morgan fingerprint density at radius 2 is 2.00 bits per heavy atom. The van der Waals surface area contributed by atoms with Crippen LogP contribution in [0.1, 0.15) is 20.8 Å². The monoisotopic (exact) mass is 273 g/mol. The van der Waals surface area contributed by atoms with Gasteiger partial charge in [0.25, 0.3) is 0 Å². The van der Waals surface area contributed by atoms with Gasteiger partial charge in [0, 0.05) is 32.7 Å². The first kappa shape index (κ1) is 14.3. The number of carbonyl (C=O) groups excluding carboxylic acids is 1. The molecule has 0 saturated carbocycles. The van der Waals surface area contributed by atoms with Crippen molar-refractivity contribution in [1.82, 2.24) is 0 Å². The molecule has 0 bridgehead atoms. The molecular weight excluding hydrogens is 252 g/mol. The van der Waals surface area contributed by atoms with Crippen molar-refractivity contribution in [3.63, 3.8) is 0 Å². The van der Waals surface area contributed by atoms with Crippen LogP contribution in [0.4, 0.5) is 5.69 Å². The fourth-order valence-corrected chi connectivity index (χ4v) is 2.00. The summed E-state index contributed by atoms with van der Waals surface area (Å²) in [5.41, 5.74) is 0.824. The van der Waals surface area contributed by atoms with E-state index in [9.17, 15) is 4.79 Å². The molecule has 1 heterocycles. The van der Waals surface area contributed by atoms with E-state index < -0.39 is 0 Å². The lowest BCUT2D eigenvalue weighted by molar-refractivity contribution is -0.562. The van der Waals surface area contributed by atoms with Gasteiger partial charge in [-0.15, -0.1) is 0 Å². The van der Waals surface area contributed by atoms with Crippen LogP contribution in [0.15, 0.2) is 42.6 Å². The van der Waals surface area contributed by atoms with Crippen LogP contribution in [0.3, 0.4) is 0 Å². The zero-order chi connectivity index (χ0) is 14.8. The first-order chi connectivity index (χ1) is 9.42. The molecule has 1 aromatic carbocycles. The fourth-order valence-electron chi connectivity index (χ4n) is 2.00. The van der Waals surface area contributed by atoms with Crippen LogP contribution < -0.4 is 4.90 Å². The van der Waals surface area contributed by atoms with Crippen LogP contribution in [0, 0.1) is 0 Å². The van der Waals surface area contributed by atoms with E-state index in [0.717, 1.165) is 11.6 Å². The molecule has 0 aliphatic carbocycles. The van der Waals surface area contributed by atoms with E-state index in [1.807, 2.05) is 43.5 Å². The molecule has 0 unspecified atom stereocenters. The predicted octanol–water partition coefficient (Wildman–Crippen LogP) is 2.40. The molecule has 1 aliphatic heterocycles. The average Bonchev–Trinajstić information content (AvgIpc) is 2.66. The second-order valence-corrected chi connectivity index (χ2v) is 5.54. The number of rotatable bonds is 3. The van der Waals surface area contributed by atoms with Gasteiger partial charge < -0.3 is 4.74 Å². The van der Waals surface area contributed by atoms with Crippen molar-refractivity contribution in [2.24, 2.45) is 0 Å². The number of likely N-dealkylation sites (N-methyl/N-ethyl adjacent to an activating group) is 1. The average molecular weight is 273 g/mol. The third-order valence-electron chi connectivity index (χ3n) is 3.55. The van der Waals surface area contributed by atoms with Crippen molar-refractivity contribution in [3.8, 4) is 0 Å². The van der Waals surface area contributed by atoms with Crippen molar-refractivity contribution in [2.45, 2.75) is 26.3 Å². The Balaban J connectivity index is 2.25. The Labute approximate surface area is 120 Å². The highest BCUT2D eigenvalue weighted by Crippen LogP contribution is 2.17. The number of benzene rings is 1. The van der Waals surface area contributed by atoms with E-state index >= 15 is 0 Å². The van der Waals surface area contributed by atoms with E-state index in [1.54, 1.807) is 18.0 Å². The second kappa shape index (κ2) is 5.49. The number of carbonyl (C=O) groups is 1. The summed E-state index contributed by atoms with van der Waals surface area (Å²) in [5.74, 6) is 0.741. The summed E-state index contributed by atoms with van der Waals surface area (Å²) in [6, 6.07) is 9.55. The molecule has 0 saturated heterocycles. The minimum atomic E-state index is -0.0343. The van der Waals surface area contributed by atoms with Crippen LogP contribution in [-0.2, 0) is 9.53 Å². The summed E-state index contributed by atoms with van der Waals surface area (Å²) in [7, 11) is 1.99. The molecular formula is C16H21N2O2+. The molecule has 0 N–H and O–H groups in total. The van der Waals surface area contributed by atoms with Gasteiger partial charge in [0.15, 0.2) is 12.1 Å². The number of para-hydroxylation sites is 1. The molecule has 1 aromatic rings. The third kappa shape index (κ3) is 2.90. The van der Waals surface area contributed by atoms with Crippen LogP contribution >= 0.6 is 0 Å². The zero-order valence-corrected chi connectivity index (χ0v) is 12.5.